The van der Waals surface area contributed by atoms with Crippen LogP contribution in [0.1, 0.15) is 16.3 Å². The van der Waals surface area contributed by atoms with Crippen LogP contribution in [0.15, 0.2) is 24.5 Å². The molecule has 0 aliphatic heterocycles. The molecule has 0 aliphatic rings. The highest BCUT2D eigenvalue weighted by molar-refractivity contribution is 7.18. The summed E-state index contributed by atoms with van der Waals surface area (Å²) in [5, 5.41) is 8.62. The van der Waals surface area contributed by atoms with Crippen molar-refractivity contribution in [2.45, 2.75) is 6.92 Å². The molecule has 0 bridgehead atoms. The topological polar surface area (TPSA) is 93.4 Å². The van der Waals surface area contributed by atoms with Crippen LogP contribution in [0, 0.1) is 18.8 Å². The molecule has 1 aromatic carbocycles. The van der Waals surface area contributed by atoms with Crippen LogP contribution < -0.4 is 5.73 Å². The van der Waals surface area contributed by atoms with Crippen molar-refractivity contribution >= 4 is 38.4 Å². The van der Waals surface area contributed by atoms with Crippen LogP contribution in [0.25, 0.3) is 21.3 Å². The highest BCUT2D eigenvalue weighted by atomic mass is 32.1. The lowest BCUT2D eigenvalue weighted by Crippen LogP contribution is -1.92. The highest BCUT2D eigenvalue weighted by Crippen LogP contribution is 2.22. The molecule has 106 valence electrons. The molecule has 0 spiro atoms. The van der Waals surface area contributed by atoms with E-state index in [4.69, 9.17) is 5.73 Å². The van der Waals surface area contributed by atoms with E-state index in [1.54, 1.807) is 11.3 Å². The van der Waals surface area contributed by atoms with Gasteiger partial charge in [-0.1, -0.05) is 5.92 Å². The number of thiazole rings is 1. The molecule has 3 aromatic heterocycles. The normalized spacial score (nSPS) is 10.8. The number of nitrogens with two attached hydrogens (primary N) is 1. The van der Waals surface area contributed by atoms with Crippen molar-refractivity contribution in [2.24, 2.45) is 0 Å². The van der Waals surface area contributed by atoms with Crippen LogP contribution in [-0.4, -0.2) is 25.1 Å². The number of aromatic nitrogens is 5. The van der Waals surface area contributed by atoms with Gasteiger partial charge in [0.2, 0.25) is 0 Å². The summed E-state index contributed by atoms with van der Waals surface area (Å²) in [5.41, 5.74) is 8.84. The molecule has 0 aliphatic carbocycles. The molecule has 22 heavy (non-hydrogen) atoms. The van der Waals surface area contributed by atoms with Crippen molar-refractivity contribution in [3.63, 3.8) is 0 Å². The Kier molecular flexibility index (Phi) is 2.77. The summed E-state index contributed by atoms with van der Waals surface area (Å²) in [4.78, 5) is 12.5. The average Bonchev–Trinajstić information content (AvgIpc) is 3.07. The maximum Gasteiger partial charge on any atom is 0.187 e. The van der Waals surface area contributed by atoms with Gasteiger partial charge in [0.15, 0.2) is 5.65 Å². The Labute approximate surface area is 129 Å². The summed E-state index contributed by atoms with van der Waals surface area (Å²) in [5.74, 6) is 6.51. The number of aryl methyl sites for hydroxylation is 1. The molecule has 0 radical (unpaired) electrons. The number of nitrogens with zero attached hydrogens (tertiary/aromatic N) is 4. The van der Waals surface area contributed by atoms with Gasteiger partial charge in [-0.25, -0.2) is 15.0 Å². The zero-order valence-electron chi connectivity index (χ0n) is 11.6. The molecule has 3 N–H and O–H groups in total. The first-order chi connectivity index (χ1) is 10.7. The molecule has 0 atom stereocenters. The number of H-pyrrole nitrogens is 1. The van der Waals surface area contributed by atoms with Crippen molar-refractivity contribution in [1.82, 2.24) is 25.1 Å². The molecule has 4 aromatic rings. The number of anilines is 1. The lowest BCUT2D eigenvalue weighted by Gasteiger charge is -1.93. The summed E-state index contributed by atoms with van der Waals surface area (Å²) in [7, 11) is 0. The molecule has 0 amide bonds. The molecule has 3 heterocycles. The van der Waals surface area contributed by atoms with Crippen LogP contribution in [0.5, 0.6) is 0 Å². The van der Waals surface area contributed by atoms with Crippen LogP contribution in [0.4, 0.5) is 5.82 Å². The van der Waals surface area contributed by atoms with Gasteiger partial charge in [0.05, 0.1) is 20.6 Å². The fourth-order valence-electron chi connectivity index (χ4n) is 2.22. The lowest BCUT2D eigenvalue weighted by molar-refractivity contribution is 1.08. The van der Waals surface area contributed by atoms with Crippen LogP contribution >= 0.6 is 11.3 Å². The number of nitrogen functional groups attached to an aromatic ring is 1. The maximum atomic E-state index is 5.86. The number of nitrogens with one attached hydrogen (secondary N) is 1. The fraction of sp³-hybridized carbons (Fsp3) is 0.0667. The maximum absolute atomic E-state index is 5.86. The molecule has 6 nitrogen and oxygen atoms in total. The Morgan fingerprint density at radius 3 is 3.05 bits per heavy atom. The molecule has 7 heteroatoms. The van der Waals surface area contributed by atoms with E-state index in [0.717, 1.165) is 20.8 Å². The van der Waals surface area contributed by atoms with Gasteiger partial charge in [0.25, 0.3) is 0 Å². The minimum Gasteiger partial charge on any atom is -0.383 e. The number of hydrogen-bond acceptors (Lipinski definition) is 6. The fourth-order valence-corrected chi connectivity index (χ4v) is 3.03. The van der Waals surface area contributed by atoms with Gasteiger partial charge in [-0.05, 0) is 31.0 Å². The van der Waals surface area contributed by atoms with E-state index < -0.39 is 0 Å². The lowest BCUT2D eigenvalue weighted by atomic mass is 10.2. The van der Waals surface area contributed by atoms with Gasteiger partial charge >= 0.3 is 0 Å². The van der Waals surface area contributed by atoms with Crippen molar-refractivity contribution in [3.05, 3.63) is 40.8 Å². The number of hydrogen-bond donors (Lipinski definition) is 2. The number of benzene rings is 1. The van der Waals surface area contributed by atoms with E-state index in [1.165, 1.54) is 6.33 Å². The second kappa shape index (κ2) is 4.79. The minimum absolute atomic E-state index is 0.369. The quantitative estimate of drug-likeness (QED) is 0.486. The Balaban J connectivity index is 1.80. The number of aromatic amines is 1. The van der Waals surface area contributed by atoms with Crippen molar-refractivity contribution in [1.29, 1.82) is 0 Å². The van der Waals surface area contributed by atoms with Gasteiger partial charge < -0.3 is 5.73 Å². The molecule has 0 saturated carbocycles. The zero-order valence-corrected chi connectivity index (χ0v) is 12.4. The van der Waals surface area contributed by atoms with Gasteiger partial charge in [-0.15, -0.1) is 11.3 Å². The largest absolute Gasteiger partial charge is 0.383 e. The van der Waals surface area contributed by atoms with Crippen molar-refractivity contribution in [3.8, 4) is 11.8 Å². The summed E-state index contributed by atoms with van der Waals surface area (Å²) in [6.07, 6.45) is 1.38. The average molecular weight is 306 g/mol. The standard InChI is InChI=1S/C15H10N6S/c1-8-19-11-6-9(3-5-12(11)22-8)2-4-10-13-14(16)17-7-18-15(13)21-20-10/h3,5-7H,1H3,(H3,16,17,18,20,21). The Morgan fingerprint density at radius 2 is 2.14 bits per heavy atom. The monoisotopic (exact) mass is 306 g/mol. The Morgan fingerprint density at radius 1 is 1.23 bits per heavy atom. The summed E-state index contributed by atoms with van der Waals surface area (Å²) in [6, 6.07) is 5.99. The molecule has 4 rings (SSSR count). The Bertz CT molecular complexity index is 1070. The van der Waals surface area contributed by atoms with E-state index in [1.807, 2.05) is 25.1 Å². The van der Waals surface area contributed by atoms with Gasteiger partial charge in [0.1, 0.15) is 17.8 Å². The molecule has 0 fully saturated rings. The molecule has 0 saturated heterocycles. The minimum atomic E-state index is 0.369. The van der Waals surface area contributed by atoms with Crippen LogP contribution in [-0.2, 0) is 0 Å². The zero-order chi connectivity index (χ0) is 15.1. The second-order valence-electron chi connectivity index (χ2n) is 4.72. The third-order valence-corrected chi connectivity index (χ3v) is 4.16. The van der Waals surface area contributed by atoms with E-state index in [0.29, 0.717) is 22.5 Å². The highest BCUT2D eigenvalue weighted by Gasteiger charge is 2.08. The first kappa shape index (κ1) is 12.7. The number of fused-ring (bicyclic) bond motifs is 2. The third-order valence-electron chi connectivity index (χ3n) is 3.21. The predicted molar refractivity (Wildman–Crippen MR) is 86.4 cm³/mol. The molecular formula is C15H10N6S. The molecule has 0 unspecified atom stereocenters. The number of rotatable bonds is 0. The second-order valence-corrected chi connectivity index (χ2v) is 5.96. The first-order valence-corrected chi connectivity index (χ1v) is 7.36. The smallest absolute Gasteiger partial charge is 0.187 e. The van der Waals surface area contributed by atoms with Gasteiger partial charge in [-0.3, -0.25) is 5.10 Å². The molecular weight excluding hydrogens is 296 g/mol. The summed E-state index contributed by atoms with van der Waals surface area (Å²) in [6.45, 7) is 2.00. The summed E-state index contributed by atoms with van der Waals surface area (Å²) < 4.78 is 1.16. The van der Waals surface area contributed by atoms with E-state index in [-0.39, 0.29) is 0 Å². The van der Waals surface area contributed by atoms with Gasteiger partial charge in [0, 0.05) is 5.56 Å². The van der Waals surface area contributed by atoms with Crippen molar-refractivity contribution in [2.75, 3.05) is 5.73 Å². The van der Waals surface area contributed by atoms with E-state index in [9.17, 15) is 0 Å². The first-order valence-electron chi connectivity index (χ1n) is 6.54. The SMILES string of the molecule is Cc1nc2cc(C#Cc3[nH]nc4ncnc(N)c34)ccc2s1. The van der Waals surface area contributed by atoms with Crippen LogP contribution in [0.2, 0.25) is 0 Å². The van der Waals surface area contributed by atoms with E-state index in [2.05, 4.69) is 37.0 Å². The predicted octanol–water partition coefficient (Wildman–Crippen LogP) is 2.25. The van der Waals surface area contributed by atoms with E-state index >= 15 is 0 Å². The van der Waals surface area contributed by atoms with Gasteiger partial charge in [-0.2, -0.15) is 5.10 Å². The van der Waals surface area contributed by atoms with Crippen molar-refractivity contribution < 1.29 is 0 Å². The third kappa shape index (κ3) is 2.06. The Hall–Kier alpha value is -2.98. The van der Waals surface area contributed by atoms with Crippen LogP contribution in [0.3, 0.4) is 0 Å². The summed E-state index contributed by atoms with van der Waals surface area (Å²) >= 11 is 1.67.